The minimum atomic E-state index is -2.44. The Labute approximate surface area is 121 Å². The van der Waals surface area contributed by atoms with Crippen LogP contribution in [0.25, 0.3) is 0 Å². The van der Waals surface area contributed by atoms with Crippen LogP contribution in [0.2, 0.25) is 0 Å². The van der Waals surface area contributed by atoms with Gasteiger partial charge in [-0.1, -0.05) is 0 Å². The maximum absolute atomic E-state index is 11.1. The molecule has 9 nitrogen and oxygen atoms in total. The van der Waals surface area contributed by atoms with Crippen molar-refractivity contribution in [2.75, 3.05) is 19.7 Å². The molecule has 0 radical (unpaired) electrons. The van der Waals surface area contributed by atoms with Crippen LogP contribution < -0.4 is 15.5 Å². The Morgan fingerprint density at radius 3 is 2.10 bits per heavy atom. The molecule has 0 unspecified atom stereocenters. The lowest BCUT2D eigenvalue weighted by Gasteiger charge is -2.20. The Kier molecular flexibility index (Phi) is 9.26. The molecule has 0 saturated carbocycles. The number of carboxylic acid groups (broad SMARTS) is 2. The van der Waals surface area contributed by atoms with Gasteiger partial charge in [0.1, 0.15) is 12.2 Å². The van der Waals surface area contributed by atoms with Gasteiger partial charge in [0.25, 0.3) is 0 Å². The fourth-order valence-corrected chi connectivity index (χ4v) is 1.57. The van der Waals surface area contributed by atoms with E-state index in [4.69, 9.17) is 14.9 Å². The van der Waals surface area contributed by atoms with Gasteiger partial charge in [-0.05, 0) is 26.3 Å². The molecule has 0 aromatic heterocycles. The first kappa shape index (κ1) is 19.3. The standard InChI is InChI=1S/C8H15NO2.C4H6O6/c1-2-11-8(10)7-4-3-5-9-6-7;5-1(3(7)8)2(6)4(9)10/h7,9H,2-6H2,1H3;1-2,5-6H,(H,7,8)(H,9,10)/p-2/t7-;1-,2-/m11/s1. The van der Waals surface area contributed by atoms with Gasteiger partial charge in [-0.3, -0.25) is 4.79 Å². The predicted molar refractivity (Wildman–Crippen MR) is 64.3 cm³/mol. The van der Waals surface area contributed by atoms with E-state index in [0.717, 1.165) is 25.9 Å². The first-order chi connectivity index (χ1) is 9.81. The van der Waals surface area contributed by atoms with Crippen LogP contribution in [-0.4, -0.2) is 60.0 Å². The van der Waals surface area contributed by atoms with Crippen LogP contribution in [0.1, 0.15) is 19.8 Å². The normalized spacial score (nSPS) is 20.4. The van der Waals surface area contributed by atoms with E-state index >= 15 is 0 Å². The highest BCUT2D eigenvalue weighted by atomic mass is 16.5. The molecular weight excluding hydrogens is 286 g/mol. The quantitative estimate of drug-likeness (QED) is 0.427. The van der Waals surface area contributed by atoms with Crippen molar-refractivity contribution >= 4 is 17.9 Å². The number of aliphatic hydroxyl groups excluding tert-OH is 2. The summed E-state index contributed by atoms with van der Waals surface area (Å²) in [5, 5.41) is 38.9. The van der Waals surface area contributed by atoms with Crippen molar-refractivity contribution in [3.8, 4) is 0 Å². The van der Waals surface area contributed by atoms with Crippen LogP contribution in [0.15, 0.2) is 0 Å². The number of esters is 1. The van der Waals surface area contributed by atoms with E-state index in [9.17, 15) is 24.6 Å². The van der Waals surface area contributed by atoms with E-state index in [0.29, 0.717) is 6.61 Å². The predicted octanol–water partition coefficient (Wildman–Crippen LogP) is -4.24. The molecule has 1 rings (SSSR count). The highest BCUT2D eigenvalue weighted by Gasteiger charge is 2.21. The average Bonchev–Trinajstić information content (AvgIpc) is 2.47. The first-order valence-electron chi connectivity index (χ1n) is 6.46. The van der Waals surface area contributed by atoms with Gasteiger partial charge in [-0.2, -0.15) is 0 Å². The fraction of sp³-hybridized carbons (Fsp3) is 0.750. The van der Waals surface area contributed by atoms with Crippen LogP contribution in [0.5, 0.6) is 0 Å². The molecule has 0 amide bonds. The second-order valence-corrected chi connectivity index (χ2v) is 4.32. The van der Waals surface area contributed by atoms with Gasteiger partial charge >= 0.3 is 5.97 Å². The lowest BCUT2D eigenvalue weighted by molar-refractivity contribution is -0.333. The highest BCUT2D eigenvalue weighted by molar-refractivity contribution is 5.80. The lowest BCUT2D eigenvalue weighted by atomic mass is 10.0. The van der Waals surface area contributed by atoms with E-state index in [-0.39, 0.29) is 11.9 Å². The Hall–Kier alpha value is -1.71. The SMILES string of the molecule is CCOC(=O)[C@@H]1CCCNC1.O=C([O-])[C@H](O)[C@@H](O)C(=O)[O-]. The molecule has 0 spiro atoms. The summed E-state index contributed by atoms with van der Waals surface area (Å²) in [6.07, 6.45) is -2.81. The van der Waals surface area contributed by atoms with E-state index in [1.54, 1.807) is 0 Å². The van der Waals surface area contributed by atoms with Gasteiger partial charge in [0.2, 0.25) is 0 Å². The van der Waals surface area contributed by atoms with Gasteiger partial charge in [-0.25, -0.2) is 0 Å². The Morgan fingerprint density at radius 2 is 1.76 bits per heavy atom. The second-order valence-electron chi connectivity index (χ2n) is 4.32. The third-order valence-electron chi connectivity index (χ3n) is 2.70. The molecule has 0 aliphatic carbocycles. The van der Waals surface area contributed by atoms with E-state index in [1.165, 1.54) is 0 Å². The van der Waals surface area contributed by atoms with Crippen LogP contribution >= 0.6 is 0 Å². The minimum absolute atomic E-state index is 0.0419. The molecule has 0 aromatic rings. The maximum Gasteiger partial charge on any atom is 0.310 e. The van der Waals surface area contributed by atoms with Crippen molar-refractivity contribution < 1.29 is 39.5 Å². The van der Waals surface area contributed by atoms with Gasteiger partial charge in [-0.15, -0.1) is 0 Å². The minimum Gasteiger partial charge on any atom is -0.547 e. The number of ether oxygens (including phenoxy) is 1. The van der Waals surface area contributed by atoms with Gasteiger partial charge in [0, 0.05) is 6.54 Å². The lowest BCUT2D eigenvalue weighted by Crippen LogP contribution is -2.51. The third kappa shape index (κ3) is 7.59. The summed E-state index contributed by atoms with van der Waals surface area (Å²) >= 11 is 0. The van der Waals surface area contributed by atoms with Crippen molar-refractivity contribution in [3.63, 3.8) is 0 Å². The molecule has 1 aliphatic rings. The van der Waals surface area contributed by atoms with Crippen LogP contribution in [0.4, 0.5) is 0 Å². The molecule has 1 aliphatic heterocycles. The summed E-state index contributed by atoms with van der Waals surface area (Å²) in [5.41, 5.74) is 0. The summed E-state index contributed by atoms with van der Waals surface area (Å²) in [5.74, 6) is -4.06. The zero-order valence-electron chi connectivity index (χ0n) is 11.6. The van der Waals surface area contributed by atoms with Crippen LogP contribution in [0, 0.1) is 5.92 Å². The largest absolute Gasteiger partial charge is 0.547 e. The number of hydrogen-bond donors (Lipinski definition) is 3. The number of piperidine rings is 1. The number of carbonyl (C=O) groups excluding carboxylic acids is 3. The molecule has 0 bridgehead atoms. The summed E-state index contributed by atoms with van der Waals surface area (Å²) in [6.45, 7) is 4.16. The maximum atomic E-state index is 11.1. The third-order valence-corrected chi connectivity index (χ3v) is 2.70. The zero-order valence-corrected chi connectivity index (χ0v) is 11.6. The van der Waals surface area contributed by atoms with Crippen molar-refractivity contribution in [2.45, 2.75) is 32.0 Å². The number of hydrogen-bond acceptors (Lipinski definition) is 9. The summed E-state index contributed by atoms with van der Waals surface area (Å²) in [6, 6.07) is 0. The highest BCUT2D eigenvalue weighted by Crippen LogP contribution is 2.11. The zero-order chi connectivity index (χ0) is 16.4. The van der Waals surface area contributed by atoms with Gasteiger partial charge < -0.3 is 40.1 Å². The van der Waals surface area contributed by atoms with E-state index in [2.05, 4.69) is 5.32 Å². The molecule has 3 N–H and O–H groups in total. The Balaban J connectivity index is 0.000000384. The molecular formula is C12H19NO8-2. The van der Waals surface area contributed by atoms with Crippen molar-refractivity contribution in [1.29, 1.82) is 0 Å². The van der Waals surface area contributed by atoms with Crippen LogP contribution in [0.3, 0.4) is 0 Å². The van der Waals surface area contributed by atoms with Gasteiger partial charge in [0.05, 0.1) is 24.5 Å². The number of rotatable bonds is 5. The molecule has 122 valence electrons. The fourth-order valence-electron chi connectivity index (χ4n) is 1.57. The summed E-state index contributed by atoms with van der Waals surface area (Å²) in [4.78, 5) is 30.4. The average molecular weight is 305 g/mol. The number of nitrogens with one attached hydrogen (secondary N) is 1. The van der Waals surface area contributed by atoms with Crippen LogP contribution in [-0.2, 0) is 19.1 Å². The topological polar surface area (TPSA) is 159 Å². The van der Waals surface area contributed by atoms with Gasteiger partial charge in [0.15, 0.2) is 0 Å². The monoisotopic (exact) mass is 305 g/mol. The Bertz CT molecular complexity index is 335. The molecule has 1 heterocycles. The van der Waals surface area contributed by atoms with Crippen molar-refractivity contribution in [1.82, 2.24) is 5.32 Å². The first-order valence-corrected chi connectivity index (χ1v) is 6.46. The Morgan fingerprint density at radius 1 is 1.24 bits per heavy atom. The smallest absolute Gasteiger partial charge is 0.310 e. The number of aliphatic hydroxyl groups is 2. The number of aliphatic carboxylic acids is 2. The summed E-state index contributed by atoms with van der Waals surface area (Å²) < 4.78 is 4.90. The van der Waals surface area contributed by atoms with Crippen molar-refractivity contribution in [3.05, 3.63) is 0 Å². The van der Waals surface area contributed by atoms with E-state index < -0.39 is 24.1 Å². The number of carboxylic acids is 2. The molecule has 9 heteroatoms. The molecule has 1 fully saturated rings. The molecule has 1 saturated heterocycles. The van der Waals surface area contributed by atoms with E-state index in [1.807, 2.05) is 6.92 Å². The molecule has 21 heavy (non-hydrogen) atoms. The molecule has 3 atom stereocenters. The second kappa shape index (κ2) is 10.1. The number of carbonyl (C=O) groups is 3. The molecule has 0 aromatic carbocycles. The van der Waals surface area contributed by atoms with Crippen molar-refractivity contribution in [2.24, 2.45) is 5.92 Å². The summed E-state index contributed by atoms with van der Waals surface area (Å²) in [7, 11) is 0.